The van der Waals surface area contributed by atoms with Crippen molar-refractivity contribution in [3.63, 3.8) is 0 Å². The van der Waals surface area contributed by atoms with Gasteiger partial charge in [0, 0.05) is 6.42 Å². The molecule has 0 aliphatic heterocycles. The zero-order chi connectivity index (χ0) is 17.5. The van der Waals surface area contributed by atoms with Gasteiger partial charge >= 0.3 is 0 Å². The van der Waals surface area contributed by atoms with E-state index in [-0.39, 0.29) is 11.9 Å². The van der Waals surface area contributed by atoms with E-state index in [2.05, 4.69) is 36.5 Å². The molecule has 0 fully saturated rings. The number of nitrogens with one attached hydrogen (secondary N) is 1. The van der Waals surface area contributed by atoms with E-state index in [9.17, 15) is 4.79 Å². The van der Waals surface area contributed by atoms with Gasteiger partial charge in [0.25, 0.3) is 0 Å². The second kappa shape index (κ2) is 8.39. The van der Waals surface area contributed by atoms with Crippen LogP contribution in [0.1, 0.15) is 36.1 Å². The lowest BCUT2D eigenvalue weighted by Gasteiger charge is -2.16. The van der Waals surface area contributed by atoms with Crippen molar-refractivity contribution in [2.75, 3.05) is 14.2 Å². The van der Waals surface area contributed by atoms with Gasteiger partial charge in [0.05, 0.1) is 20.3 Å². The zero-order valence-corrected chi connectivity index (χ0v) is 14.8. The van der Waals surface area contributed by atoms with Crippen molar-refractivity contribution in [3.8, 4) is 11.5 Å². The fourth-order valence-corrected chi connectivity index (χ4v) is 2.53. The van der Waals surface area contributed by atoms with E-state index < -0.39 is 0 Å². The molecule has 0 saturated carbocycles. The predicted octanol–water partition coefficient (Wildman–Crippen LogP) is 3.82. The first-order valence-electron chi connectivity index (χ1n) is 8.10. The van der Waals surface area contributed by atoms with Gasteiger partial charge in [-0.15, -0.1) is 0 Å². The van der Waals surface area contributed by atoms with Crippen LogP contribution in [0.15, 0.2) is 42.5 Å². The quantitative estimate of drug-likeness (QED) is 0.841. The second-order valence-corrected chi connectivity index (χ2v) is 5.89. The van der Waals surface area contributed by atoms with Crippen LogP contribution in [0.4, 0.5) is 0 Å². The van der Waals surface area contributed by atoms with Crippen molar-refractivity contribution in [3.05, 3.63) is 59.2 Å². The van der Waals surface area contributed by atoms with E-state index >= 15 is 0 Å². The molecule has 1 N–H and O–H groups in total. The number of benzene rings is 2. The molecular weight excluding hydrogens is 302 g/mol. The Kier molecular flexibility index (Phi) is 6.24. The lowest BCUT2D eigenvalue weighted by atomic mass is 10.1. The summed E-state index contributed by atoms with van der Waals surface area (Å²) < 4.78 is 10.5. The molecule has 0 aliphatic rings. The summed E-state index contributed by atoms with van der Waals surface area (Å²) in [5.74, 6) is 1.38. The van der Waals surface area contributed by atoms with Crippen molar-refractivity contribution in [2.45, 2.75) is 32.7 Å². The summed E-state index contributed by atoms with van der Waals surface area (Å²) >= 11 is 0. The van der Waals surface area contributed by atoms with Gasteiger partial charge < -0.3 is 14.8 Å². The lowest BCUT2D eigenvalue weighted by molar-refractivity contribution is -0.121. The molecule has 0 aliphatic carbocycles. The minimum absolute atomic E-state index is 0.0397. The van der Waals surface area contributed by atoms with E-state index in [1.54, 1.807) is 14.2 Å². The first kappa shape index (κ1) is 17.9. The third kappa shape index (κ3) is 4.75. The van der Waals surface area contributed by atoms with Gasteiger partial charge in [-0.05, 0) is 43.5 Å². The first-order chi connectivity index (χ1) is 11.5. The Balaban J connectivity index is 1.92. The van der Waals surface area contributed by atoms with E-state index in [0.717, 1.165) is 12.0 Å². The summed E-state index contributed by atoms with van der Waals surface area (Å²) in [7, 11) is 3.21. The molecular formula is C20H25NO3. The molecule has 0 unspecified atom stereocenters. The van der Waals surface area contributed by atoms with Crippen LogP contribution >= 0.6 is 0 Å². The van der Waals surface area contributed by atoms with Crippen LogP contribution in [0.25, 0.3) is 0 Å². The minimum Gasteiger partial charge on any atom is -0.493 e. The summed E-state index contributed by atoms with van der Waals surface area (Å²) in [6, 6.07) is 13.9. The van der Waals surface area contributed by atoms with Crippen LogP contribution < -0.4 is 14.8 Å². The van der Waals surface area contributed by atoms with Crippen molar-refractivity contribution in [1.82, 2.24) is 5.32 Å². The molecule has 2 aromatic carbocycles. The molecule has 0 saturated heterocycles. The Morgan fingerprint density at radius 3 is 2.33 bits per heavy atom. The molecule has 1 atom stereocenters. The molecule has 4 nitrogen and oxygen atoms in total. The van der Waals surface area contributed by atoms with Gasteiger partial charge in [0.1, 0.15) is 0 Å². The largest absolute Gasteiger partial charge is 0.493 e. The highest BCUT2D eigenvalue weighted by molar-refractivity contribution is 5.76. The Morgan fingerprint density at radius 2 is 1.71 bits per heavy atom. The number of carbonyl (C=O) groups excluding carboxylic acids is 1. The Hall–Kier alpha value is -2.49. The average Bonchev–Trinajstić information content (AvgIpc) is 2.60. The predicted molar refractivity (Wildman–Crippen MR) is 95.6 cm³/mol. The van der Waals surface area contributed by atoms with Gasteiger partial charge in [-0.25, -0.2) is 0 Å². The third-order valence-electron chi connectivity index (χ3n) is 4.05. The number of rotatable bonds is 7. The van der Waals surface area contributed by atoms with Crippen LogP contribution in [-0.2, 0) is 11.2 Å². The van der Waals surface area contributed by atoms with Crippen molar-refractivity contribution >= 4 is 5.91 Å². The molecule has 0 spiro atoms. The van der Waals surface area contributed by atoms with Crippen LogP contribution in [0, 0.1) is 6.92 Å². The van der Waals surface area contributed by atoms with Crippen LogP contribution in [-0.4, -0.2) is 20.1 Å². The number of hydrogen-bond acceptors (Lipinski definition) is 3. The minimum atomic E-state index is -0.0877. The molecule has 4 heteroatoms. The number of aryl methyl sites for hydroxylation is 2. The van der Waals surface area contributed by atoms with Crippen molar-refractivity contribution in [2.24, 2.45) is 0 Å². The van der Waals surface area contributed by atoms with Crippen molar-refractivity contribution < 1.29 is 14.3 Å². The van der Waals surface area contributed by atoms with E-state index in [0.29, 0.717) is 17.9 Å². The molecule has 1 amide bonds. The fourth-order valence-electron chi connectivity index (χ4n) is 2.53. The summed E-state index contributed by atoms with van der Waals surface area (Å²) in [6.45, 7) is 4.02. The number of amides is 1. The third-order valence-corrected chi connectivity index (χ3v) is 4.05. The van der Waals surface area contributed by atoms with Crippen LogP contribution in [0.5, 0.6) is 11.5 Å². The highest BCUT2D eigenvalue weighted by Gasteiger charge is 2.12. The van der Waals surface area contributed by atoms with Gasteiger partial charge in [0.2, 0.25) is 5.91 Å². The molecule has 128 valence electrons. The molecule has 24 heavy (non-hydrogen) atoms. The highest BCUT2D eigenvalue weighted by Crippen LogP contribution is 2.29. The number of methoxy groups -OCH3 is 2. The zero-order valence-electron chi connectivity index (χ0n) is 14.8. The monoisotopic (exact) mass is 327 g/mol. The van der Waals surface area contributed by atoms with Crippen LogP contribution in [0.3, 0.4) is 0 Å². The molecule has 0 bridgehead atoms. The smallest absolute Gasteiger partial charge is 0.220 e. The first-order valence-corrected chi connectivity index (χ1v) is 8.10. The summed E-state index contributed by atoms with van der Waals surface area (Å²) in [5.41, 5.74) is 3.39. The van der Waals surface area contributed by atoms with E-state index in [1.807, 2.05) is 25.1 Å². The number of carbonyl (C=O) groups is 1. The topological polar surface area (TPSA) is 47.6 Å². The maximum Gasteiger partial charge on any atom is 0.220 e. The Bertz CT molecular complexity index is 680. The maximum absolute atomic E-state index is 12.2. The van der Waals surface area contributed by atoms with Gasteiger partial charge in [-0.2, -0.15) is 0 Å². The molecule has 0 heterocycles. The fraction of sp³-hybridized carbons (Fsp3) is 0.350. The summed E-state index contributed by atoms with van der Waals surface area (Å²) in [6.07, 6.45) is 1.21. The average molecular weight is 327 g/mol. The van der Waals surface area contributed by atoms with Crippen LogP contribution in [0.2, 0.25) is 0 Å². The second-order valence-electron chi connectivity index (χ2n) is 5.89. The van der Waals surface area contributed by atoms with Gasteiger partial charge in [-0.1, -0.05) is 35.9 Å². The van der Waals surface area contributed by atoms with E-state index in [1.165, 1.54) is 11.1 Å². The van der Waals surface area contributed by atoms with E-state index in [4.69, 9.17) is 9.47 Å². The summed E-state index contributed by atoms with van der Waals surface area (Å²) in [4.78, 5) is 12.2. The SMILES string of the molecule is COc1ccc([C@H](C)NC(=O)CCc2ccc(C)cc2)cc1OC. The van der Waals surface area contributed by atoms with Gasteiger partial charge in [-0.3, -0.25) is 4.79 Å². The lowest BCUT2D eigenvalue weighted by Crippen LogP contribution is -2.26. The van der Waals surface area contributed by atoms with Gasteiger partial charge in [0.15, 0.2) is 11.5 Å². The summed E-state index contributed by atoms with van der Waals surface area (Å²) in [5, 5.41) is 3.03. The maximum atomic E-state index is 12.2. The molecule has 0 aromatic heterocycles. The number of hydrogen-bond donors (Lipinski definition) is 1. The molecule has 2 aromatic rings. The molecule has 0 radical (unpaired) electrons. The Labute approximate surface area is 143 Å². The van der Waals surface area contributed by atoms with Crippen molar-refractivity contribution in [1.29, 1.82) is 0 Å². The molecule has 2 rings (SSSR count). The normalized spacial score (nSPS) is 11.7. The standard InChI is InChI=1S/C20H25NO3/c1-14-5-7-16(8-6-14)9-12-20(22)21-15(2)17-10-11-18(23-3)19(13-17)24-4/h5-8,10-11,13,15H,9,12H2,1-4H3,(H,21,22)/t15-/m0/s1. The highest BCUT2D eigenvalue weighted by atomic mass is 16.5. The Morgan fingerprint density at radius 1 is 1.04 bits per heavy atom. The number of ether oxygens (including phenoxy) is 2.